The fourth-order valence-electron chi connectivity index (χ4n) is 2.28. The number of carbonyl (C=O) groups excluding carboxylic acids is 1. The van der Waals surface area contributed by atoms with Gasteiger partial charge in [-0.3, -0.25) is 4.79 Å². The summed E-state index contributed by atoms with van der Waals surface area (Å²) in [5.41, 5.74) is 4.42. The van der Waals surface area contributed by atoms with Crippen LogP contribution in [0.2, 0.25) is 0 Å². The van der Waals surface area contributed by atoms with Gasteiger partial charge in [-0.1, -0.05) is 64.6 Å². The average molecular weight is 445 g/mol. The van der Waals surface area contributed by atoms with Gasteiger partial charge in [0.05, 0.1) is 0 Å². The SMILES string of the molecule is Cc1ccc(C(=O)NC(NC(=S)Nc2cc(C)ccc2C)C(Cl)(Cl)Cl)cc1. The van der Waals surface area contributed by atoms with Crippen molar-refractivity contribution in [3.8, 4) is 0 Å². The second-order valence-corrected chi connectivity index (χ2v) is 9.01. The highest BCUT2D eigenvalue weighted by Gasteiger charge is 2.34. The number of carbonyl (C=O) groups is 1. The lowest BCUT2D eigenvalue weighted by atomic mass is 10.1. The Hall–Kier alpha value is -1.53. The third-order valence-corrected chi connectivity index (χ3v) is 4.71. The van der Waals surface area contributed by atoms with Crippen LogP contribution in [-0.4, -0.2) is 21.0 Å². The number of thiocarbonyl (C=S) groups is 1. The zero-order valence-electron chi connectivity index (χ0n) is 15.1. The normalized spacial score (nSPS) is 12.2. The Labute approximate surface area is 179 Å². The van der Waals surface area contributed by atoms with Crippen LogP contribution in [0.4, 0.5) is 5.69 Å². The van der Waals surface area contributed by atoms with Crippen molar-refractivity contribution in [3.05, 3.63) is 64.7 Å². The molecule has 1 atom stereocenters. The molecule has 0 aliphatic heterocycles. The summed E-state index contributed by atoms with van der Waals surface area (Å²) in [7, 11) is 0. The van der Waals surface area contributed by atoms with Gasteiger partial charge in [0.15, 0.2) is 5.11 Å². The molecule has 0 bridgehead atoms. The van der Waals surface area contributed by atoms with Gasteiger partial charge in [0.2, 0.25) is 3.79 Å². The third kappa shape index (κ3) is 6.54. The first kappa shape index (κ1) is 21.8. The van der Waals surface area contributed by atoms with E-state index >= 15 is 0 Å². The van der Waals surface area contributed by atoms with E-state index in [2.05, 4.69) is 16.0 Å². The zero-order chi connectivity index (χ0) is 20.2. The zero-order valence-corrected chi connectivity index (χ0v) is 18.2. The highest BCUT2D eigenvalue weighted by atomic mass is 35.6. The molecular formula is C19H20Cl3N3OS. The quantitative estimate of drug-likeness (QED) is 0.352. The van der Waals surface area contributed by atoms with Gasteiger partial charge in [0, 0.05) is 11.3 Å². The van der Waals surface area contributed by atoms with Crippen molar-refractivity contribution >= 4 is 63.7 Å². The number of aryl methyl sites for hydroxylation is 3. The average Bonchev–Trinajstić information content (AvgIpc) is 2.57. The molecular weight excluding hydrogens is 425 g/mol. The number of alkyl halides is 3. The van der Waals surface area contributed by atoms with Crippen LogP contribution in [0.5, 0.6) is 0 Å². The van der Waals surface area contributed by atoms with E-state index in [1.165, 1.54) is 0 Å². The van der Waals surface area contributed by atoms with Gasteiger partial charge in [0.1, 0.15) is 6.17 Å². The van der Waals surface area contributed by atoms with E-state index in [0.29, 0.717) is 5.56 Å². The van der Waals surface area contributed by atoms with E-state index in [1.807, 2.05) is 51.1 Å². The van der Waals surface area contributed by atoms with Gasteiger partial charge in [0.25, 0.3) is 5.91 Å². The first-order valence-electron chi connectivity index (χ1n) is 8.15. The summed E-state index contributed by atoms with van der Waals surface area (Å²) in [5.74, 6) is -0.381. The molecule has 2 rings (SSSR count). The van der Waals surface area contributed by atoms with E-state index in [1.54, 1.807) is 12.1 Å². The minimum atomic E-state index is -1.81. The first-order valence-corrected chi connectivity index (χ1v) is 9.69. The predicted molar refractivity (Wildman–Crippen MR) is 118 cm³/mol. The predicted octanol–water partition coefficient (Wildman–Crippen LogP) is 5.02. The number of halogens is 3. The van der Waals surface area contributed by atoms with Crippen LogP contribution < -0.4 is 16.0 Å². The van der Waals surface area contributed by atoms with Crippen LogP contribution >= 0.6 is 47.0 Å². The maximum Gasteiger partial charge on any atom is 0.252 e. The molecule has 3 N–H and O–H groups in total. The Kier molecular flexibility index (Phi) is 7.34. The van der Waals surface area contributed by atoms with E-state index in [0.717, 1.165) is 22.4 Å². The highest BCUT2D eigenvalue weighted by Crippen LogP contribution is 2.29. The van der Waals surface area contributed by atoms with Crippen molar-refractivity contribution in [1.29, 1.82) is 0 Å². The summed E-state index contributed by atoms with van der Waals surface area (Å²) in [6.07, 6.45) is -1.03. The largest absolute Gasteiger partial charge is 0.339 e. The van der Waals surface area contributed by atoms with Crippen LogP contribution in [-0.2, 0) is 0 Å². The summed E-state index contributed by atoms with van der Waals surface area (Å²) in [5, 5.41) is 8.81. The molecule has 0 saturated heterocycles. The van der Waals surface area contributed by atoms with E-state index < -0.39 is 9.96 Å². The summed E-state index contributed by atoms with van der Waals surface area (Å²) >= 11 is 23.4. The van der Waals surface area contributed by atoms with Crippen molar-refractivity contribution in [2.75, 3.05) is 5.32 Å². The van der Waals surface area contributed by atoms with Gasteiger partial charge in [-0.05, 0) is 62.3 Å². The molecule has 0 heterocycles. The summed E-state index contributed by atoms with van der Waals surface area (Å²) in [6.45, 7) is 5.87. The lowest BCUT2D eigenvalue weighted by molar-refractivity contribution is 0.0934. The van der Waals surface area contributed by atoms with Gasteiger partial charge in [-0.2, -0.15) is 0 Å². The molecule has 4 nitrogen and oxygen atoms in total. The van der Waals surface area contributed by atoms with Crippen molar-refractivity contribution in [2.45, 2.75) is 30.7 Å². The summed E-state index contributed by atoms with van der Waals surface area (Å²) in [6, 6.07) is 13.0. The number of benzene rings is 2. The smallest absolute Gasteiger partial charge is 0.252 e. The van der Waals surface area contributed by atoms with Crippen molar-refractivity contribution in [3.63, 3.8) is 0 Å². The lowest BCUT2D eigenvalue weighted by Crippen LogP contribution is -2.56. The molecule has 0 fully saturated rings. The van der Waals surface area contributed by atoms with Crippen LogP contribution in [0.3, 0.4) is 0 Å². The van der Waals surface area contributed by atoms with Crippen molar-refractivity contribution in [1.82, 2.24) is 10.6 Å². The van der Waals surface area contributed by atoms with Crippen molar-refractivity contribution in [2.24, 2.45) is 0 Å². The van der Waals surface area contributed by atoms with Crippen LogP contribution in [0.25, 0.3) is 0 Å². The molecule has 0 spiro atoms. The molecule has 0 aliphatic rings. The molecule has 0 radical (unpaired) electrons. The molecule has 0 aliphatic carbocycles. The van der Waals surface area contributed by atoms with E-state index in [-0.39, 0.29) is 11.0 Å². The molecule has 1 amide bonds. The Morgan fingerprint density at radius 3 is 2.15 bits per heavy atom. The van der Waals surface area contributed by atoms with Crippen molar-refractivity contribution < 1.29 is 4.79 Å². The second kappa shape index (κ2) is 9.11. The number of rotatable bonds is 4. The summed E-state index contributed by atoms with van der Waals surface area (Å²) < 4.78 is -1.81. The Morgan fingerprint density at radius 1 is 0.963 bits per heavy atom. The monoisotopic (exact) mass is 443 g/mol. The van der Waals surface area contributed by atoms with Gasteiger partial charge in [-0.25, -0.2) is 0 Å². The van der Waals surface area contributed by atoms with Crippen LogP contribution in [0.1, 0.15) is 27.0 Å². The maximum atomic E-state index is 12.5. The van der Waals surface area contributed by atoms with E-state index in [9.17, 15) is 4.79 Å². The molecule has 0 saturated carbocycles. The molecule has 27 heavy (non-hydrogen) atoms. The molecule has 0 aromatic heterocycles. The molecule has 144 valence electrons. The molecule has 2 aromatic rings. The minimum absolute atomic E-state index is 0.226. The fraction of sp³-hybridized carbons (Fsp3) is 0.263. The number of hydrogen-bond donors (Lipinski definition) is 3. The highest BCUT2D eigenvalue weighted by molar-refractivity contribution is 7.80. The van der Waals surface area contributed by atoms with Gasteiger partial charge in [-0.15, -0.1) is 0 Å². The number of amides is 1. The molecule has 1 unspecified atom stereocenters. The standard InChI is InChI=1S/C19H20Cl3N3OS/c1-11-5-8-14(9-6-11)16(26)24-17(19(20,21)22)25-18(27)23-15-10-12(2)4-7-13(15)3/h4-10,17H,1-3H3,(H,24,26)(H2,23,25,27). The first-order chi connectivity index (χ1) is 12.6. The minimum Gasteiger partial charge on any atom is -0.339 e. The number of nitrogens with one attached hydrogen (secondary N) is 3. The van der Waals surface area contributed by atoms with E-state index in [4.69, 9.17) is 47.0 Å². The lowest BCUT2D eigenvalue weighted by Gasteiger charge is -2.28. The number of hydrogen-bond acceptors (Lipinski definition) is 2. The summed E-state index contributed by atoms with van der Waals surface area (Å²) in [4.78, 5) is 12.5. The van der Waals surface area contributed by atoms with Gasteiger partial charge >= 0.3 is 0 Å². The number of anilines is 1. The maximum absolute atomic E-state index is 12.5. The Bertz CT molecular complexity index is 835. The molecule has 2 aromatic carbocycles. The second-order valence-electron chi connectivity index (χ2n) is 6.23. The Morgan fingerprint density at radius 2 is 1.56 bits per heavy atom. The third-order valence-electron chi connectivity index (χ3n) is 3.83. The van der Waals surface area contributed by atoms with Crippen LogP contribution in [0.15, 0.2) is 42.5 Å². The van der Waals surface area contributed by atoms with Gasteiger partial charge < -0.3 is 16.0 Å². The topological polar surface area (TPSA) is 53.2 Å². The van der Waals surface area contributed by atoms with Crippen LogP contribution in [0, 0.1) is 20.8 Å². The Balaban J connectivity index is 2.10. The molecule has 8 heteroatoms. The fourth-order valence-corrected chi connectivity index (χ4v) is 2.83.